The van der Waals surface area contributed by atoms with Crippen LogP contribution in [0.25, 0.3) is 10.2 Å². The summed E-state index contributed by atoms with van der Waals surface area (Å²) in [5.74, 6) is 0.279. The standard InChI is InChI=1S/C21H22N4O2S2/c1-11(26)13-6-5-7-14(10-13)23-19(27)12(2)28-21-24-18(22)17-15-8-3-4-9-16(15)29-20(17)25-21/h5-7,10,12H,3-4,8-9H2,1-2H3,(H,23,27)(H2,22,24,25)/t12-/m0/s1. The first kappa shape index (κ1) is 19.8. The first-order chi connectivity index (χ1) is 13.9. The molecule has 2 heterocycles. The number of carbonyl (C=O) groups is 2. The van der Waals surface area contributed by atoms with Gasteiger partial charge in [0.15, 0.2) is 10.9 Å². The summed E-state index contributed by atoms with van der Waals surface area (Å²) in [6, 6.07) is 6.91. The highest BCUT2D eigenvalue weighted by Gasteiger charge is 2.22. The second-order valence-electron chi connectivity index (χ2n) is 7.17. The fraction of sp³-hybridized carbons (Fsp3) is 0.333. The average Bonchev–Trinajstić information content (AvgIpc) is 3.06. The van der Waals surface area contributed by atoms with Crippen LogP contribution in [0, 0.1) is 0 Å². The van der Waals surface area contributed by atoms with Crippen molar-refractivity contribution in [1.82, 2.24) is 9.97 Å². The molecule has 4 rings (SSSR count). The van der Waals surface area contributed by atoms with E-state index in [-0.39, 0.29) is 11.7 Å². The number of rotatable bonds is 5. The molecule has 1 atom stereocenters. The van der Waals surface area contributed by atoms with E-state index < -0.39 is 5.25 Å². The molecule has 0 unspecified atom stereocenters. The van der Waals surface area contributed by atoms with Gasteiger partial charge in [-0.3, -0.25) is 9.59 Å². The number of hydrogen-bond donors (Lipinski definition) is 2. The van der Waals surface area contributed by atoms with Gasteiger partial charge in [0.25, 0.3) is 0 Å². The Balaban J connectivity index is 1.51. The van der Waals surface area contributed by atoms with E-state index >= 15 is 0 Å². The van der Waals surface area contributed by atoms with Crippen molar-refractivity contribution >= 4 is 56.5 Å². The third-order valence-electron chi connectivity index (χ3n) is 5.01. The molecular formula is C21H22N4O2S2. The number of benzene rings is 1. The summed E-state index contributed by atoms with van der Waals surface area (Å²) < 4.78 is 0. The van der Waals surface area contributed by atoms with Gasteiger partial charge in [-0.1, -0.05) is 23.9 Å². The van der Waals surface area contributed by atoms with Crippen LogP contribution in [0.1, 0.15) is 47.5 Å². The molecule has 1 amide bonds. The highest BCUT2D eigenvalue weighted by Crippen LogP contribution is 2.38. The molecule has 3 N–H and O–H groups in total. The number of nitrogens with zero attached hydrogens (tertiary/aromatic N) is 2. The van der Waals surface area contributed by atoms with Crippen LogP contribution in [0.5, 0.6) is 0 Å². The summed E-state index contributed by atoms with van der Waals surface area (Å²) in [6.45, 7) is 3.30. The van der Waals surface area contributed by atoms with Crippen molar-refractivity contribution in [2.45, 2.75) is 49.9 Å². The van der Waals surface area contributed by atoms with Crippen molar-refractivity contribution in [1.29, 1.82) is 0 Å². The number of fused-ring (bicyclic) bond motifs is 3. The Bertz CT molecular complexity index is 1110. The Kier molecular flexibility index (Phi) is 5.56. The lowest BCUT2D eigenvalue weighted by Crippen LogP contribution is -2.22. The van der Waals surface area contributed by atoms with Gasteiger partial charge in [0.1, 0.15) is 10.6 Å². The Morgan fingerprint density at radius 3 is 2.83 bits per heavy atom. The van der Waals surface area contributed by atoms with E-state index in [1.807, 2.05) is 0 Å². The summed E-state index contributed by atoms with van der Waals surface area (Å²) >= 11 is 2.98. The van der Waals surface area contributed by atoms with E-state index in [4.69, 9.17) is 5.73 Å². The fourth-order valence-corrected chi connectivity index (χ4v) is 5.59. The quantitative estimate of drug-likeness (QED) is 0.355. The molecule has 0 saturated carbocycles. The van der Waals surface area contributed by atoms with E-state index in [1.54, 1.807) is 42.5 Å². The second kappa shape index (κ2) is 8.12. The van der Waals surface area contributed by atoms with Crippen LogP contribution < -0.4 is 11.1 Å². The number of hydrogen-bond acceptors (Lipinski definition) is 7. The molecule has 2 aromatic heterocycles. The zero-order valence-corrected chi connectivity index (χ0v) is 18.0. The van der Waals surface area contributed by atoms with Crippen LogP contribution in [0.2, 0.25) is 0 Å². The van der Waals surface area contributed by atoms with Gasteiger partial charge in [-0.05, 0) is 57.2 Å². The first-order valence-electron chi connectivity index (χ1n) is 9.58. The minimum atomic E-state index is -0.414. The molecule has 6 nitrogen and oxygen atoms in total. The molecule has 1 aliphatic rings. The maximum atomic E-state index is 12.6. The number of nitrogens with one attached hydrogen (secondary N) is 1. The third kappa shape index (κ3) is 4.13. The number of Topliss-reactive ketones (excluding diaryl/α,β-unsaturated/α-hetero) is 1. The van der Waals surface area contributed by atoms with E-state index in [0.29, 0.717) is 22.2 Å². The molecule has 8 heteroatoms. The Morgan fingerprint density at radius 1 is 1.24 bits per heavy atom. The monoisotopic (exact) mass is 426 g/mol. The number of nitrogen functional groups attached to an aromatic ring is 1. The Hall–Kier alpha value is -2.45. The largest absolute Gasteiger partial charge is 0.383 e. The summed E-state index contributed by atoms with van der Waals surface area (Å²) in [5, 5.41) is 3.94. The van der Waals surface area contributed by atoms with Crippen LogP contribution >= 0.6 is 23.1 Å². The van der Waals surface area contributed by atoms with Crippen molar-refractivity contribution in [2.75, 3.05) is 11.1 Å². The number of ketones is 1. The van der Waals surface area contributed by atoms with Gasteiger partial charge in [-0.15, -0.1) is 11.3 Å². The van der Waals surface area contributed by atoms with E-state index in [9.17, 15) is 9.59 Å². The lowest BCUT2D eigenvalue weighted by atomic mass is 9.97. The molecule has 0 bridgehead atoms. The highest BCUT2D eigenvalue weighted by atomic mass is 32.2. The van der Waals surface area contributed by atoms with Gasteiger partial charge in [0.2, 0.25) is 5.91 Å². The molecule has 0 fully saturated rings. The number of amides is 1. The fourth-order valence-electron chi connectivity index (χ4n) is 3.49. The van der Waals surface area contributed by atoms with Crippen LogP contribution in [0.15, 0.2) is 29.4 Å². The number of anilines is 2. The predicted molar refractivity (Wildman–Crippen MR) is 119 cm³/mol. The predicted octanol–water partition coefficient (Wildman–Crippen LogP) is 4.47. The number of carbonyl (C=O) groups excluding carboxylic acids is 2. The van der Waals surface area contributed by atoms with Crippen LogP contribution in [-0.2, 0) is 17.6 Å². The Morgan fingerprint density at radius 2 is 2.03 bits per heavy atom. The van der Waals surface area contributed by atoms with Crippen molar-refractivity contribution in [3.63, 3.8) is 0 Å². The van der Waals surface area contributed by atoms with Gasteiger partial charge in [-0.25, -0.2) is 9.97 Å². The molecule has 0 spiro atoms. The number of aryl methyl sites for hydroxylation is 2. The normalized spacial score (nSPS) is 14.4. The molecule has 0 aliphatic heterocycles. The third-order valence-corrected chi connectivity index (χ3v) is 7.16. The van der Waals surface area contributed by atoms with Gasteiger partial charge < -0.3 is 11.1 Å². The van der Waals surface area contributed by atoms with E-state index in [0.717, 1.165) is 23.1 Å². The maximum absolute atomic E-state index is 12.6. The molecule has 1 aliphatic carbocycles. The topological polar surface area (TPSA) is 98.0 Å². The molecule has 3 aromatic rings. The minimum Gasteiger partial charge on any atom is -0.383 e. The van der Waals surface area contributed by atoms with Crippen molar-refractivity contribution in [2.24, 2.45) is 0 Å². The van der Waals surface area contributed by atoms with Gasteiger partial charge in [0.05, 0.1) is 10.6 Å². The summed E-state index contributed by atoms with van der Waals surface area (Å²) in [6.07, 6.45) is 4.50. The number of nitrogens with two attached hydrogens (primary N) is 1. The van der Waals surface area contributed by atoms with Gasteiger partial charge in [-0.2, -0.15) is 0 Å². The van der Waals surface area contributed by atoms with Crippen molar-refractivity contribution < 1.29 is 9.59 Å². The molecule has 29 heavy (non-hydrogen) atoms. The summed E-state index contributed by atoms with van der Waals surface area (Å²) in [7, 11) is 0. The maximum Gasteiger partial charge on any atom is 0.237 e. The van der Waals surface area contributed by atoms with Crippen LogP contribution in [0.4, 0.5) is 11.5 Å². The van der Waals surface area contributed by atoms with Gasteiger partial charge >= 0.3 is 0 Å². The number of thioether (sulfide) groups is 1. The summed E-state index contributed by atoms with van der Waals surface area (Å²) in [5.41, 5.74) is 8.72. The first-order valence-corrected chi connectivity index (χ1v) is 11.3. The Labute approximate surface area is 177 Å². The summed E-state index contributed by atoms with van der Waals surface area (Å²) in [4.78, 5) is 35.5. The number of aromatic nitrogens is 2. The molecular weight excluding hydrogens is 404 g/mol. The highest BCUT2D eigenvalue weighted by molar-refractivity contribution is 8.00. The van der Waals surface area contributed by atoms with Crippen molar-refractivity contribution in [3.8, 4) is 0 Å². The van der Waals surface area contributed by atoms with Gasteiger partial charge in [0, 0.05) is 16.1 Å². The number of thiophene rings is 1. The van der Waals surface area contributed by atoms with Crippen LogP contribution in [0.3, 0.4) is 0 Å². The smallest absolute Gasteiger partial charge is 0.237 e. The van der Waals surface area contributed by atoms with Crippen LogP contribution in [-0.4, -0.2) is 26.9 Å². The second-order valence-corrected chi connectivity index (χ2v) is 9.56. The lowest BCUT2D eigenvalue weighted by molar-refractivity contribution is -0.115. The zero-order chi connectivity index (χ0) is 20.5. The lowest BCUT2D eigenvalue weighted by Gasteiger charge is -2.12. The van der Waals surface area contributed by atoms with E-state index in [1.165, 1.54) is 42.0 Å². The molecule has 150 valence electrons. The van der Waals surface area contributed by atoms with E-state index in [2.05, 4.69) is 15.3 Å². The molecule has 0 saturated heterocycles. The van der Waals surface area contributed by atoms with Crippen molar-refractivity contribution in [3.05, 3.63) is 40.3 Å². The molecule has 1 aromatic carbocycles. The zero-order valence-electron chi connectivity index (χ0n) is 16.3. The average molecular weight is 427 g/mol. The molecule has 0 radical (unpaired) electrons. The SMILES string of the molecule is CC(=O)c1cccc(NC(=O)[C@H](C)Sc2nc(N)c3c4c(sc3n2)CCCC4)c1. The minimum absolute atomic E-state index is 0.0423.